The van der Waals surface area contributed by atoms with E-state index in [0.717, 1.165) is 30.0 Å². The van der Waals surface area contributed by atoms with Gasteiger partial charge in [0.05, 0.1) is 24.5 Å². The summed E-state index contributed by atoms with van der Waals surface area (Å²) in [5, 5.41) is 3.56. The van der Waals surface area contributed by atoms with Crippen molar-refractivity contribution < 1.29 is 4.74 Å². The maximum atomic E-state index is 12.2. The summed E-state index contributed by atoms with van der Waals surface area (Å²) in [7, 11) is 0. The van der Waals surface area contributed by atoms with Crippen molar-refractivity contribution in [1.82, 2.24) is 4.98 Å². The number of nitrogens with one attached hydrogen (secondary N) is 2. The molecular weight excluding hydrogens is 302 g/mol. The van der Waals surface area contributed by atoms with Crippen LogP contribution in [0.1, 0.15) is 32.9 Å². The van der Waals surface area contributed by atoms with Crippen LogP contribution in [0.4, 0.5) is 11.4 Å². The number of rotatable bonds is 5. The van der Waals surface area contributed by atoms with Crippen molar-refractivity contribution in [2.45, 2.75) is 39.3 Å². The zero-order chi connectivity index (χ0) is 17.2. The van der Waals surface area contributed by atoms with Crippen LogP contribution in [0.5, 0.6) is 5.75 Å². The third-order valence-corrected chi connectivity index (χ3v) is 4.06. The standard InChI is InChI=1S/C19H25N3O2/c1-4-9-24-18-11-20-14(10-17(18)23)12-22-13-19(2,3)21-15-7-5-6-8-16(15)22/h5-8,10-11,21H,4,9,12-13H2,1-3H3,(H,20,23). The molecule has 5 nitrogen and oxygen atoms in total. The van der Waals surface area contributed by atoms with Crippen LogP contribution in [-0.2, 0) is 6.54 Å². The molecule has 0 fully saturated rings. The van der Waals surface area contributed by atoms with Gasteiger partial charge in [-0.2, -0.15) is 0 Å². The van der Waals surface area contributed by atoms with Gasteiger partial charge in [-0.25, -0.2) is 0 Å². The van der Waals surface area contributed by atoms with Gasteiger partial charge in [-0.05, 0) is 32.4 Å². The number of benzene rings is 1. The average Bonchev–Trinajstić information content (AvgIpc) is 2.53. The second kappa shape index (κ2) is 6.59. The lowest BCUT2D eigenvalue weighted by molar-refractivity contribution is 0.313. The molecule has 1 aromatic heterocycles. The number of H-pyrrole nitrogens is 1. The number of anilines is 2. The molecule has 0 bridgehead atoms. The molecule has 2 N–H and O–H groups in total. The summed E-state index contributed by atoms with van der Waals surface area (Å²) >= 11 is 0. The summed E-state index contributed by atoms with van der Waals surface area (Å²) in [6.45, 7) is 8.46. The number of nitrogens with zero attached hydrogens (tertiary/aromatic N) is 1. The Morgan fingerprint density at radius 3 is 2.83 bits per heavy atom. The Balaban J connectivity index is 1.83. The molecule has 3 rings (SSSR count). The molecule has 5 heteroatoms. The molecule has 128 valence electrons. The van der Waals surface area contributed by atoms with E-state index in [1.54, 1.807) is 12.3 Å². The molecule has 2 heterocycles. The van der Waals surface area contributed by atoms with Crippen molar-refractivity contribution in [3.8, 4) is 5.75 Å². The third kappa shape index (κ3) is 3.55. The van der Waals surface area contributed by atoms with Crippen molar-refractivity contribution in [1.29, 1.82) is 0 Å². The Kier molecular flexibility index (Phi) is 4.51. The lowest BCUT2D eigenvalue weighted by Gasteiger charge is -2.42. The van der Waals surface area contributed by atoms with Gasteiger partial charge in [0.25, 0.3) is 0 Å². The molecule has 0 saturated carbocycles. The second-order valence-corrected chi connectivity index (χ2v) is 6.92. The number of aromatic amines is 1. The molecular formula is C19H25N3O2. The van der Waals surface area contributed by atoms with E-state index in [-0.39, 0.29) is 11.0 Å². The number of hydrogen-bond donors (Lipinski definition) is 2. The molecule has 1 aliphatic rings. The van der Waals surface area contributed by atoms with Crippen LogP contribution in [0.3, 0.4) is 0 Å². The smallest absolute Gasteiger partial charge is 0.223 e. The maximum absolute atomic E-state index is 12.2. The molecule has 1 aromatic carbocycles. The second-order valence-electron chi connectivity index (χ2n) is 6.92. The van der Waals surface area contributed by atoms with Crippen molar-refractivity contribution in [3.05, 3.63) is 52.4 Å². The van der Waals surface area contributed by atoms with E-state index in [1.165, 1.54) is 0 Å². The minimum atomic E-state index is -0.0696. The van der Waals surface area contributed by atoms with Crippen LogP contribution in [0.25, 0.3) is 0 Å². The van der Waals surface area contributed by atoms with E-state index in [1.807, 2.05) is 19.1 Å². The van der Waals surface area contributed by atoms with Crippen molar-refractivity contribution in [2.24, 2.45) is 0 Å². The Labute approximate surface area is 142 Å². The topological polar surface area (TPSA) is 57.4 Å². The lowest BCUT2D eigenvalue weighted by atomic mass is 9.99. The molecule has 24 heavy (non-hydrogen) atoms. The van der Waals surface area contributed by atoms with E-state index in [4.69, 9.17) is 4.74 Å². The maximum Gasteiger partial charge on any atom is 0.223 e. The first-order chi connectivity index (χ1) is 11.5. The summed E-state index contributed by atoms with van der Waals surface area (Å²) in [5.74, 6) is 0.390. The first-order valence-corrected chi connectivity index (χ1v) is 8.45. The number of ether oxygens (including phenoxy) is 1. The van der Waals surface area contributed by atoms with Gasteiger partial charge in [-0.3, -0.25) is 4.79 Å². The highest BCUT2D eigenvalue weighted by Gasteiger charge is 2.29. The SMILES string of the molecule is CCCOc1c[nH]c(CN2CC(C)(C)Nc3ccccc32)cc1=O. The van der Waals surface area contributed by atoms with E-state index >= 15 is 0 Å². The fourth-order valence-corrected chi connectivity index (χ4v) is 3.08. The van der Waals surface area contributed by atoms with Gasteiger partial charge in [-0.15, -0.1) is 0 Å². The van der Waals surface area contributed by atoms with Crippen LogP contribution in [0, 0.1) is 0 Å². The number of hydrogen-bond acceptors (Lipinski definition) is 4. The highest BCUT2D eigenvalue weighted by Crippen LogP contribution is 2.34. The molecule has 0 saturated heterocycles. The zero-order valence-corrected chi connectivity index (χ0v) is 14.6. The monoisotopic (exact) mass is 327 g/mol. The van der Waals surface area contributed by atoms with Crippen LogP contribution in [0.15, 0.2) is 41.3 Å². The predicted octanol–water partition coefficient (Wildman–Crippen LogP) is 3.37. The van der Waals surface area contributed by atoms with Gasteiger partial charge in [0.1, 0.15) is 0 Å². The van der Waals surface area contributed by atoms with Gasteiger partial charge in [-0.1, -0.05) is 19.1 Å². The van der Waals surface area contributed by atoms with E-state index in [0.29, 0.717) is 18.9 Å². The van der Waals surface area contributed by atoms with Gasteiger partial charge < -0.3 is 19.9 Å². The average molecular weight is 327 g/mol. The van der Waals surface area contributed by atoms with Gasteiger partial charge in [0.2, 0.25) is 5.43 Å². The molecule has 1 aliphatic heterocycles. The van der Waals surface area contributed by atoms with E-state index in [9.17, 15) is 4.79 Å². The Hall–Kier alpha value is -2.43. The van der Waals surface area contributed by atoms with E-state index in [2.05, 4.69) is 41.2 Å². The number of aromatic nitrogens is 1. The molecule has 0 atom stereocenters. The Bertz CT molecular complexity index is 767. The number of fused-ring (bicyclic) bond motifs is 1. The Morgan fingerprint density at radius 1 is 1.29 bits per heavy atom. The van der Waals surface area contributed by atoms with E-state index < -0.39 is 0 Å². The first-order valence-electron chi connectivity index (χ1n) is 8.45. The van der Waals surface area contributed by atoms with Crippen molar-refractivity contribution in [3.63, 3.8) is 0 Å². The summed E-state index contributed by atoms with van der Waals surface area (Å²) < 4.78 is 5.45. The van der Waals surface area contributed by atoms with Crippen LogP contribution in [0.2, 0.25) is 0 Å². The molecule has 0 spiro atoms. The quantitative estimate of drug-likeness (QED) is 0.884. The summed E-state index contributed by atoms with van der Waals surface area (Å²) in [5.41, 5.74) is 3.07. The number of para-hydroxylation sites is 2. The summed E-state index contributed by atoms with van der Waals surface area (Å²) in [4.78, 5) is 17.7. The molecule has 0 unspecified atom stereocenters. The highest BCUT2D eigenvalue weighted by molar-refractivity contribution is 5.73. The van der Waals surface area contributed by atoms with Crippen molar-refractivity contribution >= 4 is 11.4 Å². The van der Waals surface area contributed by atoms with Gasteiger partial charge in [0, 0.05) is 30.0 Å². The minimum absolute atomic E-state index is 0.0289. The summed E-state index contributed by atoms with van der Waals surface area (Å²) in [6, 6.07) is 9.91. The zero-order valence-electron chi connectivity index (χ0n) is 14.6. The fourth-order valence-electron chi connectivity index (χ4n) is 3.08. The van der Waals surface area contributed by atoms with Crippen molar-refractivity contribution in [2.75, 3.05) is 23.4 Å². The predicted molar refractivity (Wildman–Crippen MR) is 98.0 cm³/mol. The van der Waals surface area contributed by atoms with Crippen LogP contribution >= 0.6 is 0 Å². The Morgan fingerprint density at radius 2 is 2.08 bits per heavy atom. The highest BCUT2D eigenvalue weighted by atomic mass is 16.5. The molecule has 0 aliphatic carbocycles. The van der Waals surface area contributed by atoms with Crippen LogP contribution in [-0.4, -0.2) is 23.7 Å². The summed E-state index contributed by atoms with van der Waals surface area (Å²) in [6.07, 6.45) is 2.56. The van der Waals surface area contributed by atoms with Crippen LogP contribution < -0.4 is 20.4 Å². The molecule has 0 amide bonds. The minimum Gasteiger partial charge on any atom is -0.488 e. The molecule has 0 radical (unpaired) electrons. The largest absolute Gasteiger partial charge is 0.488 e. The number of pyridine rings is 1. The van der Waals surface area contributed by atoms with Gasteiger partial charge >= 0.3 is 0 Å². The normalized spacial score (nSPS) is 15.5. The van der Waals surface area contributed by atoms with Gasteiger partial charge in [0.15, 0.2) is 5.75 Å². The lowest BCUT2D eigenvalue weighted by Crippen LogP contribution is -2.48. The first kappa shape index (κ1) is 16.4. The third-order valence-electron chi connectivity index (χ3n) is 4.06. The molecule has 2 aromatic rings. The fraction of sp³-hybridized carbons (Fsp3) is 0.421.